The van der Waals surface area contributed by atoms with Gasteiger partial charge in [-0.05, 0) is 17.8 Å². The molecule has 68 valence electrons. The molecule has 1 aromatic carbocycles. The molecule has 0 radical (unpaired) electrons. The third-order valence-corrected chi connectivity index (χ3v) is 1.74. The lowest BCUT2D eigenvalue weighted by Gasteiger charge is -2.09. The Balaban J connectivity index is 2.53. The SMILES string of the molecule is C=CCN(C)/C=C/c1ccccc1. The summed E-state index contributed by atoms with van der Waals surface area (Å²) in [5, 5.41) is 0. The highest BCUT2D eigenvalue weighted by Gasteiger charge is 1.85. The van der Waals surface area contributed by atoms with Crippen LogP contribution < -0.4 is 0 Å². The molecule has 13 heavy (non-hydrogen) atoms. The highest BCUT2D eigenvalue weighted by Crippen LogP contribution is 2.01. The van der Waals surface area contributed by atoms with Gasteiger partial charge in [0, 0.05) is 13.6 Å². The fourth-order valence-electron chi connectivity index (χ4n) is 1.04. The number of hydrogen-bond acceptors (Lipinski definition) is 1. The third-order valence-electron chi connectivity index (χ3n) is 1.74. The van der Waals surface area contributed by atoms with Crippen LogP contribution in [0.1, 0.15) is 5.56 Å². The van der Waals surface area contributed by atoms with Crippen molar-refractivity contribution in [3.63, 3.8) is 0 Å². The molecule has 0 amide bonds. The van der Waals surface area contributed by atoms with Gasteiger partial charge in [0.2, 0.25) is 0 Å². The van der Waals surface area contributed by atoms with Crippen LogP contribution in [0.2, 0.25) is 0 Å². The van der Waals surface area contributed by atoms with Crippen molar-refractivity contribution in [3.05, 3.63) is 54.8 Å². The molecule has 0 saturated heterocycles. The van der Waals surface area contributed by atoms with Crippen LogP contribution in [0.15, 0.2) is 49.2 Å². The van der Waals surface area contributed by atoms with Gasteiger partial charge >= 0.3 is 0 Å². The van der Waals surface area contributed by atoms with E-state index in [9.17, 15) is 0 Å². The molecule has 0 fully saturated rings. The predicted molar refractivity (Wildman–Crippen MR) is 58.3 cm³/mol. The Labute approximate surface area is 80.0 Å². The number of benzene rings is 1. The molecule has 1 nitrogen and oxygen atoms in total. The molecular formula is C12H15N. The summed E-state index contributed by atoms with van der Waals surface area (Å²) in [4.78, 5) is 2.08. The fraction of sp³-hybridized carbons (Fsp3) is 0.167. The van der Waals surface area contributed by atoms with Gasteiger partial charge in [-0.1, -0.05) is 36.4 Å². The lowest BCUT2D eigenvalue weighted by Crippen LogP contribution is -2.08. The average Bonchev–Trinajstić information content (AvgIpc) is 2.17. The summed E-state index contributed by atoms with van der Waals surface area (Å²) in [6, 6.07) is 10.3. The first-order chi connectivity index (χ1) is 6.33. The van der Waals surface area contributed by atoms with Crippen LogP contribution in [0.4, 0.5) is 0 Å². The van der Waals surface area contributed by atoms with Gasteiger partial charge in [-0.2, -0.15) is 0 Å². The summed E-state index contributed by atoms with van der Waals surface area (Å²) >= 11 is 0. The molecule has 0 heterocycles. The van der Waals surface area contributed by atoms with Crippen molar-refractivity contribution in [2.24, 2.45) is 0 Å². The molecule has 0 spiro atoms. The maximum Gasteiger partial charge on any atom is 0.0348 e. The molecule has 0 aliphatic carbocycles. The largest absolute Gasteiger partial charge is 0.377 e. The second-order valence-electron chi connectivity index (χ2n) is 2.95. The number of likely N-dealkylation sites (N-methyl/N-ethyl adjacent to an activating group) is 1. The smallest absolute Gasteiger partial charge is 0.0348 e. The zero-order chi connectivity index (χ0) is 9.52. The number of rotatable bonds is 4. The monoisotopic (exact) mass is 173 g/mol. The van der Waals surface area contributed by atoms with Gasteiger partial charge < -0.3 is 4.90 Å². The minimum absolute atomic E-state index is 0.878. The molecule has 0 aromatic heterocycles. The molecule has 1 heteroatoms. The zero-order valence-electron chi connectivity index (χ0n) is 7.98. The van der Waals surface area contributed by atoms with Crippen LogP contribution in [0, 0.1) is 0 Å². The van der Waals surface area contributed by atoms with Crippen LogP contribution in [0.25, 0.3) is 6.08 Å². The van der Waals surface area contributed by atoms with E-state index in [1.165, 1.54) is 5.56 Å². The predicted octanol–water partition coefficient (Wildman–Crippen LogP) is 2.78. The number of hydrogen-bond donors (Lipinski definition) is 0. The highest BCUT2D eigenvalue weighted by molar-refractivity contribution is 5.48. The first-order valence-electron chi connectivity index (χ1n) is 4.37. The van der Waals surface area contributed by atoms with Gasteiger partial charge in [-0.15, -0.1) is 6.58 Å². The van der Waals surface area contributed by atoms with Gasteiger partial charge in [-0.25, -0.2) is 0 Å². The van der Waals surface area contributed by atoms with E-state index in [-0.39, 0.29) is 0 Å². The highest BCUT2D eigenvalue weighted by atomic mass is 15.1. The van der Waals surface area contributed by atoms with Crippen molar-refractivity contribution in [1.82, 2.24) is 4.90 Å². The lowest BCUT2D eigenvalue weighted by molar-refractivity contribution is 0.513. The van der Waals surface area contributed by atoms with Crippen molar-refractivity contribution < 1.29 is 0 Å². The summed E-state index contributed by atoms with van der Waals surface area (Å²) in [5.74, 6) is 0. The average molecular weight is 173 g/mol. The van der Waals surface area contributed by atoms with E-state index in [4.69, 9.17) is 0 Å². The van der Waals surface area contributed by atoms with Gasteiger partial charge in [0.15, 0.2) is 0 Å². The van der Waals surface area contributed by atoms with Crippen LogP contribution in [-0.2, 0) is 0 Å². The Bertz CT molecular complexity index is 274. The second kappa shape index (κ2) is 5.20. The minimum atomic E-state index is 0.878. The van der Waals surface area contributed by atoms with E-state index in [0.29, 0.717) is 0 Å². The lowest BCUT2D eigenvalue weighted by atomic mass is 10.2. The Hall–Kier alpha value is -1.50. The quantitative estimate of drug-likeness (QED) is 0.633. The van der Waals surface area contributed by atoms with Crippen LogP contribution in [0.3, 0.4) is 0 Å². The van der Waals surface area contributed by atoms with E-state index < -0.39 is 0 Å². The third kappa shape index (κ3) is 3.61. The van der Waals surface area contributed by atoms with Crippen molar-refractivity contribution in [2.75, 3.05) is 13.6 Å². The molecule has 0 unspecified atom stereocenters. The summed E-state index contributed by atoms with van der Waals surface area (Å²) < 4.78 is 0. The standard InChI is InChI=1S/C12H15N/c1-3-10-13(2)11-9-12-7-5-4-6-8-12/h3-9,11H,1,10H2,2H3/b11-9+. The zero-order valence-corrected chi connectivity index (χ0v) is 7.98. The summed E-state index contributed by atoms with van der Waals surface area (Å²) in [6.45, 7) is 4.56. The molecule has 0 N–H and O–H groups in total. The van der Waals surface area contributed by atoms with Crippen molar-refractivity contribution in [3.8, 4) is 0 Å². The molecule has 0 aliphatic rings. The number of nitrogens with zero attached hydrogens (tertiary/aromatic N) is 1. The Morgan fingerprint density at radius 2 is 2.00 bits per heavy atom. The van der Waals surface area contributed by atoms with Crippen molar-refractivity contribution in [2.45, 2.75) is 0 Å². The maximum atomic E-state index is 3.68. The van der Waals surface area contributed by atoms with E-state index in [2.05, 4.69) is 35.9 Å². The normalized spacial score (nSPS) is 10.2. The van der Waals surface area contributed by atoms with E-state index in [1.807, 2.05) is 31.3 Å². The van der Waals surface area contributed by atoms with Crippen LogP contribution >= 0.6 is 0 Å². The Morgan fingerprint density at radius 1 is 1.31 bits per heavy atom. The molecule has 0 atom stereocenters. The summed E-state index contributed by atoms with van der Waals surface area (Å²) in [6.07, 6.45) is 6.02. The molecule has 1 aromatic rings. The Kier molecular flexibility index (Phi) is 3.83. The molecule has 0 bridgehead atoms. The van der Waals surface area contributed by atoms with Crippen molar-refractivity contribution >= 4 is 6.08 Å². The van der Waals surface area contributed by atoms with Gasteiger partial charge in [0.1, 0.15) is 0 Å². The molecule has 1 rings (SSSR count). The van der Waals surface area contributed by atoms with E-state index in [1.54, 1.807) is 0 Å². The topological polar surface area (TPSA) is 3.24 Å². The second-order valence-corrected chi connectivity index (χ2v) is 2.95. The molecule has 0 saturated carbocycles. The summed E-state index contributed by atoms with van der Waals surface area (Å²) in [5.41, 5.74) is 1.22. The van der Waals surface area contributed by atoms with E-state index >= 15 is 0 Å². The molecule has 0 aliphatic heterocycles. The van der Waals surface area contributed by atoms with Crippen LogP contribution in [0.5, 0.6) is 0 Å². The van der Waals surface area contributed by atoms with E-state index in [0.717, 1.165) is 6.54 Å². The van der Waals surface area contributed by atoms with Crippen LogP contribution in [-0.4, -0.2) is 18.5 Å². The van der Waals surface area contributed by atoms with Crippen molar-refractivity contribution in [1.29, 1.82) is 0 Å². The maximum absolute atomic E-state index is 3.68. The minimum Gasteiger partial charge on any atom is -0.377 e. The van der Waals surface area contributed by atoms with Gasteiger partial charge in [-0.3, -0.25) is 0 Å². The molecular weight excluding hydrogens is 158 g/mol. The van der Waals surface area contributed by atoms with Gasteiger partial charge in [0.05, 0.1) is 0 Å². The first kappa shape index (κ1) is 9.59. The summed E-state index contributed by atoms with van der Waals surface area (Å²) in [7, 11) is 2.03. The van der Waals surface area contributed by atoms with Gasteiger partial charge in [0.25, 0.3) is 0 Å². The fourth-order valence-corrected chi connectivity index (χ4v) is 1.04. The Morgan fingerprint density at radius 3 is 2.62 bits per heavy atom. The first-order valence-corrected chi connectivity index (χ1v) is 4.37.